The molecule has 0 aliphatic carbocycles. The molecule has 2 aromatic rings. The van der Waals surface area contributed by atoms with Crippen molar-refractivity contribution in [1.82, 2.24) is 0 Å². The molecule has 1 fully saturated rings. The number of rotatable bonds is 6. The Bertz CT molecular complexity index is 884. The van der Waals surface area contributed by atoms with Gasteiger partial charge in [0.25, 0.3) is 5.91 Å². The second-order valence-electron chi connectivity index (χ2n) is 5.78. The van der Waals surface area contributed by atoms with E-state index in [4.69, 9.17) is 9.47 Å². The molecule has 1 saturated heterocycles. The molecule has 1 amide bonds. The number of carbonyl (C=O) groups is 1. The maximum Gasteiger partial charge on any atom is 0.262 e. The van der Waals surface area contributed by atoms with E-state index >= 15 is 0 Å². The van der Waals surface area contributed by atoms with Gasteiger partial charge >= 0.3 is 0 Å². The van der Waals surface area contributed by atoms with Crippen molar-refractivity contribution in [3.8, 4) is 11.5 Å². The maximum absolute atomic E-state index is 12.2. The number of hydrogen-bond donors (Lipinski definition) is 1. The van der Waals surface area contributed by atoms with Crippen LogP contribution in [0, 0.1) is 0 Å². The van der Waals surface area contributed by atoms with Crippen LogP contribution in [0.5, 0.6) is 11.5 Å². The first-order chi connectivity index (χ1) is 12.5. The summed E-state index contributed by atoms with van der Waals surface area (Å²) in [6.07, 6.45) is 0.562. The predicted molar refractivity (Wildman–Crippen MR) is 99.3 cm³/mol. The number of para-hydroxylation sites is 1. The van der Waals surface area contributed by atoms with Crippen molar-refractivity contribution in [2.24, 2.45) is 0 Å². The molecule has 0 bridgehead atoms. The zero-order valence-electron chi connectivity index (χ0n) is 14.3. The molecule has 1 heterocycles. The Hall–Kier alpha value is -2.74. The normalized spacial score (nSPS) is 15.5. The minimum Gasteiger partial charge on any atom is -0.495 e. The van der Waals surface area contributed by atoms with Crippen LogP contribution in [0.4, 0.5) is 11.4 Å². The lowest BCUT2D eigenvalue weighted by molar-refractivity contribution is -0.118. The standard InChI is InChI=1S/C18H20N2O5S/c1-24-17-9-8-14(12-16(17)20-10-5-11-26(20,22)23)19-18(21)13-25-15-6-3-2-4-7-15/h2-4,6-9,12H,5,10-11,13H2,1H3,(H,19,21). The highest BCUT2D eigenvalue weighted by atomic mass is 32.2. The summed E-state index contributed by atoms with van der Waals surface area (Å²) in [5.74, 6) is 0.807. The maximum atomic E-state index is 12.2. The van der Waals surface area contributed by atoms with Crippen LogP contribution in [0.25, 0.3) is 0 Å². The molecule has 3 rings (SSSR count). The van der Waals surface area contributed by atoms with E-state index in [0.717, 1.165) is 0 Å². The SMILES string of the molecule is COc1ccc(NC(=O)COc2ccccc2)cc1N1CCCS1(=O)=O. The summed E-state index contributed by atoms with van der Waals surface area (Å²) in [5.41, 5.74) is 0.899. The molecular weight excluding hydrogens is 356 g/mol. The lowest BCUT2D eigenvalue weighted by atomic mass is 10.2. The van der Waals surface area contributed by atoms with E-state index in [9.17, 15) is 13.2 Å². The van der Waals surface area contributed by atoms with Crippen LogP contribution in [0.1, 0.15) is 6.42 Å². The summed E-state index contributed by atoms with van der Waals surface area (Å²) in [5, 5.41) is 2.71. The van der Waals surface area contributed by atoms with Gasteiger partial charge in [0.1, 0.15) is 11.5 Å². The number of anilines is 2. The van der Waals surface area contributed by atoms with Crippen LogP contribution in [0.2, 0.25) is 0 Å². The van der Waals surface area contributed by atoms with E-state index in [2.05, 4.69) is 5.32 Å². The molecule has 1 aliphatic rings. The van der Waals surface area contributed by atoms with Gasteiger partial charge in [0, 0.05) is 12.2 Å². The smallest absolute Gasteiger partial charge is 0.262 e. The number of carbonyl (C=O) groups excluding carboxylic acids is 1. The number of benzene rings is 2. The minimum atomic E-state index is -3.35. The fourth-order valence-corrected chi connectivity index (χ4v) is 4.30. The van der Waals surface area contributed by atoms with Gasteiger partial charge in [-0.1, -0.05) is 18.2 Å². The Balaban J connectivity index is 1.72. The average Bonchev–Trinajstić information content (AvgIpc) is 3.00. The Labute approximate surface area is 152 Å². The molecule has 0 radical (unpaired) electrons. The number of nitrogens with zero attached hydrogens (tertiary/aromatic N) is 1. The summed E-state index contributed by atoms with van der Waals surface area (Å²) in [7, 11) is -1.87. The summed E-state index contributed by atoms with van der Waals surface area (Å²) < 4.78 is 36.4. The van der Waals surface area contributed by atoms with E-state index in [0.29, 0.717) is 35.8 Å². The van der Waals surface area contributed by atoms with Gasteiger partial charge in [-0.25, -0.2) is 8.42 Å². The monoisotopic (exact) mass is 376 g/mol. The van der Waals surface area contributed by atoms with Crippen molar-refractivity contribution in [1.29, 1.82) is 0 Å². The highest BCUT2D eigenvalue weighted by molar-refractivity contribution is 7.93. The molecule has 138 valence electrons. The fourth-order valence-electron chi connectivity index (χ4n) is 2.74. The van der Waals surface area contributed by atoms with Crippen molar-refractivity contribution in [3.63, 3.8) is 0 Å². The van der Waals surface area contributed by atoms with Crippen LogP contribution in [-0.2, 0) is 14.8 Å². The zero-order valence-corrected chi connectivity index (χ0v) is 15.2. The molecule has 26 heavy (non-hydrogen) atoms. The molecule has 0 unspecified atom stereocenters. The third-order valence-corrected chi connectivity index (χ3v) is 5.80. The van der Waals surface area contributed by atoms with Gasteiger partial charge in [-0.3, -0.25) is 9.10 Å². The zero-order chi connectivity index (χ0) is 18.6. The molecule has 0 saturated carbocycles. The van der Waals surface area contributed by atoms with E-state index in [1.807, 2.05) is 18.2 Å². The first-order valence-electron chi connectivity index (χ1n) is 8.16. The lowest BCUT2D eigenvalue weighted by Gasteiger charge is -2.20. The molecule has 8 heteroatoms. The van der Waals surface area contributed by atoms with E-state index in [1.165, 1.54) is 11.4 Å². The Kier molecular flexibility index (Phi) is 5.32. The summed E-state index contributed by atoms with van der Waals surface area (Å²) in [4.78, 5) is 12.1. The minimum absolute atomic E-state index is 0.109. The van der Waals surface area contributed by atoms with Crippen molar-refractivity contribution in [2.75, 3.05) is 35.6 Å². The fraction of sp³-hybridized carbons (Fsp3) is 0.278. The molecule has 0 spiro atoms. The van der Waals surface area contributed by atoms with Crippen molar-refractivity contribution >= 4 is 27.3 Å². The van der Waals surface area contributed by atoms with Crippen molar-refractivity contribution in [2.45, 2.75) is 6.42 Å². The molecule has 7 nitrogen and oxygen atoms in total. The van der Waals surface area contributed by atoms with Crippen LogP contribution in [-0.4, -0.2) is 40.3 Å². The Morgan fingerprint density at radius 1 is 1.19 bits per heavy atom. The third-order valence-electron chi connectivity index (χ3n) is 3.94. The number of sulfonamides is 1. The lowest BCUT2D eigenvalue weighted by Crippen LogP contribution is -2.26. The van der Waals surface area contributed by atoms with Crippen LogP contribution >= 0.6 is 0 Å². The second kappa shape index (κ2) is 7.65. The van der Waals surface area contributed by atoms with Gasteiger partial charge in [-0.2, -0.15) is 0 Å². The van der Waals surface area contributed by atoms with E-state index in [1.54, 1.807) is 30.3 Å². The van der Waals surface area contributed by atoms with Gasteiger partial charge in [0.05, 0.1) is 18.6 Å². The van der Waals surface area contributed by atoms with Gasteiger partial charge in [0.2, 0.25) is 10.0 Å². The Morgan fingerprint density at radius 3 is 2.62 bits per heavy atom. The highest BCUT2D eigenvalue weighted by Gasteiger charge is 2.30. The van der Waals surface area contributed by atoms with Gasteiger partial charge in [-0.15, -0.1) is 0 Å². The van der Waals surface area contributed by atoms with Crippen LogP contribution in [0.15, 0.2) is 48.5 Å². The molecule has 2 aromatic carbocycles. The van der Waals surface area contributed by atoms with Crippen molar-refractivity contribution in [3.05, 3.63) is 48.5 Å². The van der Waals surface area contributed by atoms with Gasteiger partial charge < -0.3 is 14.8 Å². The topological polar surface area (TPSA) is 84.9 Å². The molecular formula is C18H20N2O5S. The number of nitrogens with one attached hydrogen (secondary N) is 1. The number of amides is 1. The summed E-state index contributed by atoms with van der Waals surface area (Å²) >= 11 is 0. The summed E-state index contributed by atoms with van der Waals surface area (Å²) in [6, 6.07) is 13.9. The van der Waals surface area contributed by atoms with Crippen LogP contribution < -0.4 is 19.1 Å². The Morgan fingerprint density at radius 2 is 1.96 bits per heavy atom. The summed E-state index contributed by atoms with van der Waals surface area (Å²) in [6.45, 7) is 0.251. The molecule has 0 atom stereocenters. The number of methoxy groups -OCH3 is 1. The quantitative estimate of drug-likeness (QED) is 0.836. The number of ether oxygens (including phenoxy) is 2. The highest BCUT2D eigenvalue weighted by Crippen LogP contribution is 2.35. The number of hydrogen-bond acceptors (Lipinski definition) is 5. The first-order valence-corrected chi connectivity index (χ1v) is 9.77. The molecule has 1 aliphatic heterocycles. The third kappa shape index (κ3) is 4.08. The first kappa shape index (κ1) is 18.1. The van der Waals surface area contributed by atoms with Crippen molar-refractivity contribution < 1.29 is 22.7 Å². The largest absolute Gasteiger partial charge is 0.495 e. The van der Waals surface area contributed by atoms with Gasteiger partial charge in [0.15, 0.2) is 6.61 Å². The molecule has 1 N–H and O–H groups in total. The van der Waals surface area contributed by atoms with Gasteiger partial charge in [-0.05, 0) is 36.8 Å². The molecule has 0 aromatic heterocycles. The van der Waals surface area contributed by atoms with E-state index in [-0.39, 0.29) is 18.3 Å². The average molecular weight is 376 g/mol. The van der Waals surface area contributed by atoms with Crippen LogP contribution in [0.3, 0.4) is 0 Å². The second-order valence-corrected chi connectivity index (χ2v) is 7.79. The predicted octanol–water partition coefficient (Wildman–Crippen LogP) is 2.25. The van der Waals surface area contributed by atoms with E-state index < -0.39 is 10.0 Å².